The van der Waals surface area contributed by atoms with Gasteiger partial charge in [0.1, 0.15) is 5.69 Å². The number of aromatic carboxylic acids is 1. The van der Waals surface area contributed by atoms with Crippen molar-refractivity contribution >= 4 is 11.9 Å². The van der Waals surface area contributed by atoms with Gasteiger partial charge in [0.2, 0.25) is 0 Å². The number of hydrogen-bond donors (Lipinski definition) is 2. The van der Waals surface area contributed by atoms with Crippen molar-refractivity contribution in [2.24, 2.45) is 11.3 Å². The molecular weight excluding hydrogens is 296 g/mol. The molecule has 1 aliphatic heterocycles. The van der Waals surface area contributed by atoms with E-state index in [2.05, 4.69) is 31.1 Å². The van der Waals surface area contributed by atoms with Crippen molar-refractivity contribution in [3.63, 3.8) is 0 Å². The Labute approximate surface area is 136 Å². The maximum Gasteiger partial charge on any atom is 0.335 e. The zero-order valence-electron chi connectivity index (χ0n) is 13.8. The van der Waals surface area contributed by atoms with Gasteiger partial charge >= 0.3 is 5.97 Å². The van der Waals surface area contributed by atoms with E-state index in [1.165, 1.54) is 18.3 Å². The molecule has 2 unspecified atom stereocenters. The molecule has 0 saturated carbocycles. The monoisotopic (exact) mass is 320 g/mol. The average Bonchev–Trinajstić information content (AvgIpc) is 2.52. The van der Waals surface area contributed by atoms with Gasteiger partial charge in [0.15, 0.2) is 0 Å². The lowest BCUT2D eigenvalue weighted by Gasteiger charge is -2.40. The quantitative estimate of drug-likeness (QED) is 0.889. The van der Waals surface area contributed by atoms with Crippen LogP contribution in [0, 0.1) is 11.3 Å². The SMILES string of the molecule is CC(C)(C)C1OCCCC1CNC(=O)c1cc(C(=O)O)ccn1. The number of carboxylic acids is 1. The second-order valence-corrected chi connectivity index (χ2v) is 7.00. The third kappa shape index (κ3) is 4.51. The molecule has 6 heteroatoms. The summed E-state index contributed by atoms with van der Waals surface area (Å²) in [7, 11) is 0. The number of aromatic nitrogens is 1. The van der Waals surface area contributed by atoms with Crippen molar-refractivity contribution in [2.75, 3.05) is 13.2 Å². The fraction of sp³-hybridized carbons (Fsp3) is 0.588. The van der Waals surface area contributed by atoms with Gasteiger partial charge in [0.25, 0.3) is 5.91 Å². The average molecular weight is 320 g/mol. The Hall–Kier alpha value is -1.95. The molecule has 1 fully saturated rings. The van der Waals surface area contributed by atoms with Gasteiger partial charge in [-0.1, -0.05) is 20.8 Å². The highest BCUT2D eigenvalue weighted by atomic mass is 16.5. The first-order valence-corrected chi connectivity index (χ1v) is 7.88. The minimum atomic E-state index is -1.07. The first kappa shape index (κ1) is 17.4. The number of carboxylic acid groups (broad SMARTS) is 1. The van der Waals surface area contributed by atoms with Crippen LogP contribution in [0.15, 0.2) is 18.3 Å². The molecular formula is C17H24N2O4. The van der Waals surface area contributed by atoms with Crippen LogP contribution < -0.4 is 5.32 Å². The van der Waals surface area contributed by atoms with Gasteiger partial charge in [-0.05, 0) is 30.4 Å². The summed E-state index contributed by atoms with van der Waals surface area (Å²) in [5.74, 6) is -1.18. The topological polar surface area (TPSA) is 88.5 Å². The predicted octanol–water partition coefficient (Wildman–Crippen LogP) is 2.35. The van der Waals surface area contributed by atoms with E-state index in [1.807, 2.05) is 0 Å². The van der Waals surface area contributed by atoms with Crippen LogP contribution in [0.5, 0.6) is 0 Å². The van der Waals surface area contributed by atoms with Gasteiger partial charge in [-0.25, -0.2) is 4.79 Å². The summed E-state index contributed by atoms with van der Waals surface area (Å²) >= 11 is 0. The van der Waals surface area contributed by atoms with Gasteiger partial charge in [-0.15, -0.1) is 0 Å². The van der Waals surface area contributed by atoms with E-state index in [4.69, 9.17) is 9.84 Å². The Morgan fingerprint density at radius 2 is 2.17 bits per heavy atom. The van der Waals surface area contributed by atoms with E-state index < -0.39 is 5.97 Å². The van der Waals surface area contributed by atoms with E-state index in [-0.39, 0.29) is 34.6 Å². The van der Waals surface area contributed by atoms with Crippen molar-refractivity contribution < 1.29 is 19.4 Å². The minimum absolute atomic E-state index is 0.0112. The number of ether oxygens (including phenoxy) is 1. The number of amides is 1. The fourth-order valence-electron chi connectivity index (χ4n) is 3.01. The lowest BCUT2D eigenvalue weighted by Crippen LogP contribution is -2.45. The second kappa shape index (κ2) is 7.08. The van der Waals surface area contributed by atoms with Gasteiger partial charge in [-0.2, -0.15) is 0 Å². The summed E-state index contributed by atoms with van der Waals surface area (Å²) in [5.41, 5.74) is 0.185. The van der Waals surface area contributed by atoms with Crippen LogP contribution in [-0.4, -0.2) is 41.2 Å². The number of hydrogen-bond acceptors (Lipinski definition) is 4. The number of nitrogens with zero attached hydrogens (tertiary/aromatic N) is 1. The summed E-state index contributed by atoms with van der Waals surface area (Å²) in [4.78, 5) is 27.1. The molecule has 2 atom stereocenters. The van der Waals surface area contributed by atoms with E-state index >= 15 is 0 Å². The number of carbonyl (C=O) groups is 2. The number of rotatable bonds is 4. The molecule has 1 aromatic rings. The molecule has 1 saturated heterocycles. The lowest BCUT2D eigenvalue weighted by atomic mass is 9.78. The van der Waals surface area contributed by atoms with E-state index in [0.29, 0.717) is 6.54 Å². The van der Waals surface area contributed by atoms with Crippen LogP contribution in [0.2, 0.25) is 0 Å². The highest BCUT2D eigenvalue weighted by Crippen LogP contribution is 2.33. The summed E-state index contributed by atoms with van der Waals surface area (Å²) in [6, 6.07) is 2.65. The number of carbonyl (C=O) groups excluding carboxylic acids is 1. The first-order valence-electron chi connectivity index (χ1n) is 7.88. The minimum Gasteiger partial charge on any atom is -0.478 e. The van der Waals surface area contributed by atoms with Crippen LogP contribution in [0.4, 0.5) is 0 Å². The number of pyridine rings is 1. The van der Waals surface area contributed by atoms with Crippen LogP contribution in [0.25, 0.3) is 0 Å². The Morgan fingerprint density at radius 3 is 2.83 bits per heavy atom. The molecule has 1 aromatic heterocycles. The predicted molar refractivity (Wildman–Crippen MR) is 85.4 cm³/mol. The van der Waals surface area contributed by atoms with Crippen molar-refractivity contribution in [2.45, 2.75) is 39.7 Å². The first-order chi connectivity index (χ1) is 10.8. The van der Waals surface area contributed by atoms with Gasteiger partial charge in [0.05, 0.1) is 11.7 Å². The van der Waals surface area contributed by atoms with E-state index in [0.717, 1.165) is 19.4 Å². The zero-order valence-corrected chi connectivity index (χ0v) is 13.8. The smallest absolute Gasteiger partial charge is 0.335 e. The molecule has 2 rings (SSSR count). The standard InChI is InChI=1S/C17H24N2O4/c1-17(2,3)14-12(5-4-8-23-14)10-19-15(20)13-9-11(16(21)22)6-7-18-13/h6-7,9,12,14H,4-5,8,10H2,1-3H3,(H,19,20)(H,21,22). The highest BCUT2D eigenvalue weighted by molar-refractivity contribution is 5.95. The Kier molecular flexibility index (Phi) is 5.36. The molecule has 126 valence electrons. The maximum atomic E-state index is 12.2. The molecule has 2 N–H and O–H groups in total. The normalized spacial score (nSPS) is 21.7. The van der Waals surface area contributed by atoms with E-state index in [1.54, 1.807) is 0 Å². The number of nitrogens with one attached hydrogen (secondary N) is 1. The summed E-state index contributed by atoms with van der Waals surface area (Å²) < 4.78 is 5.90. The summed E-state index contributed by atoms with van der Waals surface area (Å²) in [5, 5.41) is 11.8. The molecule has 1 amide bonds. The second-order valence-electron chi connectivity index (χ2n) is 7.00. The highest BCUT2D eigenvalue weighted by Gasteiger charge is 2.35. The molecule has 0 aliphatic carbocycles. The Balaban J connectivity index is 2.00. The third-order valence-corrected chi connectivity index (χ3v) is 4.06. The maximum absolute atomic E-state index is 12.2. The fourth-order valence-corrected chi connectivity index (χ4v) is 3.01. The lowest BCUT2D eigenvalue weighted by molar-refractivity contribution is -0.0839. The molecule has 2 heterocycles. The molecule has 0 bridgehead atoms. The van der Waals surface area contributed by atoms with Crippen molar-refractivity contribution in [3.05, 3.63) is 29.6 Å². The molecule has 0 spiro atoms. The molecule has 0 aromatic carbocycles. The van der Waals surface area contributed by atoms with Gasteiger partial charge in [0, 0.05) is 25.3 Å². The molecule has 0 radical (unpaired) electrons. The molecule has 1 aliphatic rings. The summed E-state index contributed by atoms with van der Waals surface area (Å²) in [6.07, 6.45) is 3.42. The van der Waals surface area contributed by atoms with Crippen LogP contribution in [0.3, 0.4) is 0 Å². The van der Waals surface area contributed by atoms with Crippen molar-refractivity contribution in [1.29, 1.82) is 0 Å². The van der Waals surface area contributed by atoms with Crippen LogP contribution in [-0.2, 0) is 4.74 Å². The van der Waals surface area contributed by atoms with Crippen molar-refractivity contribution in [1.82, 2.24) is 10.3 Å². The zero-order chi connectivity index (χ0) is 17.0. The van der Waals surface area contributed by atoms with Crippen LogP contribution in [0.1, 0.15) is 54.5 Å². The summed E-state index contributed by atoms with van der Waals surface area (Å²) in [6.45, 7) is 7.66. The Bertz CT molecular complexity index is 580. The molecule has 23 heavy (non-hydrogen) atoms. The van der Waals surface area contributed by atoms with Crippen molar-refractivity contribution in [3.8, 4) is 0 Å². The molecule has 6 nitrogen and oxygen atoms in total. The largest absolute Gasteiger partial charge is 0.478 e. The van der Waals surface area contributed by atoms with Gasteiger partial charge < -0.3 is 15.2 Å². The van der Waals surface area contributed by atoms with E-state index in [9.17, 15) is 9.59 Å². The Morgan fingerprint density at radius 1 is 1.43 bits per heavy atom. The van der Waals surface area contributed by atoms with Gasteiger partial charge in [-0.3, -0.25) is 9.78 Å². The third-order valence-electron chi connectivity index (χ3n) is 4.06. The van der Waals surface area contributed by atoms with Crippen LogP contribution >= 0.6 is 0 Å².